The molecule has 9 heteroatoms. The van der Waals surface area contributed by atoms with Gasteiger partial charge in [-0.15, -0.1) is 0 Å². The Bertz CT molecular complexity index is 873. The van der Waals surface area contributed by atoms with Gasteiger partial charge in [0.1, 0.15) is 10.6 Å². The predicted molar refractivity (Wildman–Crippen MR) is 109 cm³/mol. The van der Waals surface area contributed by atoms with Crippen LogP contribution in [0.5, 0.6) is 5.75 Å². The van der Waals surface area contributed by atoms with Crippen molar-refractivity contribution in [2.45, 2.75) is 37.2 Å². The van der Waals surface area contributed by atoms with Crippen LogP contribution in [0.4, 0.5) is 0 Å². The van der Waals surface area contributed by atoms with Crippen molar-refractivity contribution in [1.29, 1.82) is 0 Å². The van der Waals surface area contributed by atoms with Gasteiger partial charge < -0.3 is 14.4 Å². The molecule has 8 nitrogen and oxygen atoms in total. The van der Waals surface area contributed by atoms with Gasteiger partial charge in [-0.1, -0.05) is 12.5 Å². The molecule has 1 saturated heterocycles. The van der Waals surface area contributed by atoms with Gasteiger partial charge in [0.2, 0.25) is 10.0 Å². The molecule has 0 unspecified atom stereocenters. The molecule has 0 saturated carbocycles. The molecule has 29 heavy (non-hydrogen) atoms. The number of nitrogens with zero attached hydrogens (tertiary/aromatic N) is 2. The second-order valence-corrected chi connectivity index (χ2v) is 8.93. The number of esters is 1. The average molecular weight is 425 g/mol. The van der Waals surface area contributed by atoms with E-state index in [1.165, 1.54) is 41.5 Å². The van der Waals surface area contributed by atoms with Gasteiger partial charge in [-0.3, -0.25) is 4.79 Å². The van der Waals surface area contributed by atoms with Gasteiger partial charge in [0.25, 0.3) is 5.91 Å². The van der Waals surface area contributed by atoms with E-state index in [1.807, 2.05) is 0 Å². The lowest BCUT2D eigenvalue weighted by molar-refractivity contribution is -0.153. The number of hydrogen-bond donors (Lipinski definition) is 0. The van der Waals surface area contributed by atoms with E-state index < -0.39 is 22.1 Å². The Labute approximate surface area is 172 Å². The van der Waals surface area contributed by atoms with Crippen molar-refractivity contribution in [3.8, 4) is 5.75 Å². The fourth-order valence-electron chi connectivity index (χ4n) is 3.03. The fraction of sp³-hybridized carbons (Fsp3) is 0.500. The summed E-state index contributed by atoms with van der Waals surface area (Å²) in [6.07, 6.45) is 4.38. The summed E-state index contributed by atoms with van der Waals surface area (Å²) in [6, 6.07) is 4.67. The molecule has 1 aromatic carbocycles. The van der Waals surface area contributed by atoms with Gasteiger partial charge in [0, 0.05) is 33.3 Å². The summed E-state index contributed by atoms with van der Waals surface area (Å²) in [5, 5.41) is 0. The molecule has 1 aliphatic heterocycles. The van der Waals surface area contributed by atoms with Crippen LogP contribution >= 0.6 is 0 Å². The van der Waals surface area contributed by atoms with E-state index in [1.54, 1.807) is 26.2 Å². The quantitative estimate of drug-likeness (QED) is 0.490. The first kappa shape index (κ1) is 22.9. The molecule has 1 heterocycles. The molecule has 1 aliphatic rings. The van der Waals surface area contributed by atoms with Crippen molar-refractivity contribution in [3.63, 3.8) is 0 Å². The first-order chi connectivity index (χ1) is 13.7. The third-order valence-corrected chi connectivity index (χ3v) is 6.53. The minimum atomic E-state index is -3.70. The summed E-state index contributed by atoms with van der Waals surface area (Å²) in [4.78, 5) is 25.1. The zero-order valence-corrected chi connectivity index (χ0v) is 18.1. The number of ether oxygens (including phenoxy) is 2. The molecular weight excluding hydrogens is 396 g/mol. The van der Waals surface area contributed by atoms with Gasteiger partial charge in [-0.25, -0.2) is 13.2 Å². The molecule has 1 aromatic rings. The van der Waals surface area contributed by atoms with Crippen LogP contribution < -0.4 is 4.74 Å². The van der Waals surface area contributed by atoms with Gasteiger partial charge >= 0.3 is 5.97 Å². The highest BCUT2D eigenvalue weighted by molar-refractivity contribution is 7.89. The number of amides is 1. The smallest absolute Gasteiger partial charge is 0.331 e. The molecule has 0 bridgehead atoms. The normalized spacial score (nSPS) is 16.4. The van der Waals surface area contributed by atoms with Crippen molar-refractivity contribution in [3.05, 3.63) is 29.8 Å². The van der Waals surface area contributed by atoms with E-state index in [2.05, 4.69) is 0 Å². The molecule has 0 spiro atoms. The van der Waals surface area contributed by atoms with Gasteiger partial charge in [0.05, 0.1) is 7.11 Å². The molecule has 0 N–H and O–H groups in total. The van der Waals surface area contributed by atoms with Crippen LogP contribution in [0.2, 0.25) is 0 Å². The summed E-state index contributed by atoms with van der Waals surface area (Å²) < 4.78 is 37.8. The van der Waals surface area contributed by atoms with Gasteiger partial charge in [-0.2, -0.15) is 4.31 Å². The second kappa shape index (κ2) is 9.89. The van der Waals surface area contributed by atoms with Crippen LogP contribution in [0, 0.1) is 0 Å². The summed E-state index contributed by atoms with van der Waals surface area (Å²) in [5.41, 5.74) is 0.505. The predicted octanol–water partition coefficient (Wildman–Crippen LogP) is 1.90. The van der Waals surface area contributed by atoms with Crippen LogP contribution in [0.25, 0.3) is 6.08 Å². The highest BCUT2D eigenvalue weighted by atomic mass is 32.2. The minimum Gasteiger partial charge on any atom is -0.495 e. The Morgan fingerprint density at radius 3 is 2.41 bits per heavy atom. The van der Waals surface area contributed by atoms with Crippen molar-refractivity contribution in [1.82, 2.24) is 9.21 Å². The van der Waals surface area contributed by atoms with E-state index in [4.69, 9.17) is 9.47 Å². The van der Waals surface area contributed by atoms with Crippen molar-refractivity contribution < 1.29 is 27.5 Å². The average Bonchev–Trinajstić information content (AvgIpc) is 2.71. The number of sulfonamides is 1. The molecule has 0 aliphatic carbocycles. The fourth-order valence-corrected chi connectivity index (χ4v) is 4.74. The number of methoxy groups -OCH3 is 1. The van der Waals surface area contributed by atoms with Crippen LogP contribution in [-0.2, 0) is 24.3 Å². The van der Waals surface area contributed by atoms with Crippen LogP contribution in [-0.4, -0.2) is 69.9 Å². The number of hydrogen-bond acceptors (Lipinski definition) is 6. The Morgan fingerprint density at radius 2 is 1.83 bits per heavy atom. The number of benzene rings is 1. The third kappa shape index (κ3) is 5.80. The number of carbonyl (C=O) groups excluding carboxylic acids is 2. The third-order valence-electron chi connectivity index (χ3n) is 4.61. The van der Waals surface area contributed by atoms with E-state index in [0.29, 0.717) is 18.7 Å². The van der Waals surface area contributed by atoms with Gasteiger partial charge in [0.15, 0.2) is 6.10 Å². The highest BCUT2D eigenvalue weighted by Gasteiger charge is 2.29. The molecule has 1 atom stereocenters. The van der Waals surface area contributed by atoms with Crippen molar-refractivity contribution >= 4 is 28.0 Å². The molecule has 0 radical (unpaired) electrons. The van der Waals surface area contributed by atoms with E-state index in [0.717, 1.165) is 19.3 Å². The number of carbonyl (C=O) groups is 2. The first-order valence-electron chi connectivity index (χ1n) is 9.45. The Kier molecular flexibility index (Phi) is 7.80. The maximum absolute atomic E-state index is 13.0. The number of piperidine rings is 1. The standard InChI is InChI=1S/C20H28N2O6S/c1-15(20(24)21(2)3)28-19(23)11-9-16-8-10-17(27-4)18(14-16)29(25,26)22-12-6-5-7-13-22/h8-11,14-15H,5-7,12-13H2,1-4H3/b11-9+/t15-/m0/s1. The lowest BCUT2D eigenvalue weighted by Gasteiger charge is -2.26. The summed E-state index contributed by atoms with van der Waals surface area (Å²) >= 11 is 0. The minimum absolute atomic E-state index is 0.0635. The highest BCUT2D eigenvalue weighted by Crippen LogP contribution is 2.30. The van der Waals surface area contributed by atoms with E-state index in [-0.39, 0.29) is 16.6 Å². The zero-order valence-electron chi connectivity index (χ0n) is 17.3. The SMILES string of the molecule is COc1ccc(/C=C/C(=O)O[C@@H](C)C(=O)N(C)C)cc1S(=O)(=O)N1CCCCC1. The number of likely N-dealkylation sites (N-methyl/N-ethyl adjacent to an activating group) is 1. The van der Waals surface area contributed by atoms with Crippen LogP contribution in [0.3, 0.4) is 0 Å². The largest absolute Gasteiger partial charge is 0.495 e. The van der Waals surface area contributed by atoms with Crippen molar-refractivity contribution in [2.75, 3.05) is 34.3 Å². The van der Waals surface area contributed by atoms with Gasteiger partial charge in [-0.05, 0) is 43.5 Å². The topological polar surface area (TPSA) is 93.2 Å². The number of rotatable bonds is 7. The maximum atomic E-state index is 13.0. The molecule has 2 rings (SSSR count). The van der Waals surface area contributed by atoms with Crippen LogP contribution in [0.1, 0.15) is 31.7 Å². The Morgan fingerprint density at radius 1 is 1.17 bits per heavy atom. The second-order valence-electron chi connectivity index (χ2n) is 7.02. The van der Waals surface area contributed by atoms with Crippen LogP contribution in [0.15, 0.2) is 29.2 Å². The van der Waals surface area contributed by atoms with E-state index >= 15 is 0 Å². The maximum Gasteiger partial charge on any atom is 0.331 e. The first-order valence-corrected chi connectivity index (χ1v) is 10.9. The Hall–Kier alpha value is -2.39. The zero-order chi connectivity index (χ0) is 21.6. The molecule has 160 valence electrons. The summed E-state index contributed by atoms with van der Waals surface area (Å²) in [7, 11) is 0.867. The van der Waals surface area contributed by atoms with E-state index in [9.17, 15) is 18.0 Å². The Balaban J connectivity index is 2.20. The summed E-state index contributed by atoms with van der Waals surface area (Å²) in [5.74, 6) is -0.768. The molecular formula is C20H28N2O6S. The molecule has 0 aromatic heterocycles. The molecule has 1 fully saturated rings. The lowest BCUT2D eigenvalue weighted by atomic mass is 10.2. The lowest BCUT2D eigenvalue weighted by Crippen LogP contribution is -2.35. The van der Waals surface area contributed by atoms with Crippen molar-refractivity contribution in [2.24, 2.45) is 0 Å². The molecule has 1 amide bonds. The monoisotopic (exact) mass is 424 g/mol. The summed E-state index contributed by atoms with van der Waals surface area (Å²) in [6.45, 7) is 2.45.